The minimum absolute atomic E-state index is 0.0307. The Morgan fingerprint density at radius 1 is 0.949 bits per heavy atom. The highest BCUT2D eigenvalue weighted by Gasteiger charge is 2.44. The van der Waals surface area contributed by atoms with E-state index in [9.17, 15) is 9.59 Å². The number of carbonyl (C=O) groups excluding carboxylic acids is 2. The van der Waals surface area contributed by atoms with Crippen molar-refractivity contribution >= 4 is 45.2 Å². The molecule has 0 unspecified atom stereocenters. The molecule has 2 amide bonds. The van der Waals surface area contributed by atoms with Crippen molar-refractivity contribution in [3.05, 3.63) is 87.9 Å². The molecule has 7 heteroatoms. The molecular weight excluding hydrogens is 576 g/mol. The van der Waals surface area contributed by atoms with Gasteiger partial charge in [0.2, 0.25) is 5.91 Å². The highest BCUT2D eigenvalue weighted by atomic mass is 79.9. The van der Waals surface area contributed by atoms with Crippen LogP contribution in [0.5, 0.6) is 0 Å². The lowest BCUT2D eigenvalue weighted by molar-refractivity contribution is -0.124. The number of halogens is 2. The first kappa shape index (κ1) is 27.7. The number of rotatable bonds is 5. The maximum atomic E-state index is 14.5. The Kier molecular flexibility index (Phi) is 8.06. The zero-order chi connectivity index (χ0) is 27.7. The second kappa shape index (κ2) is 11.3. The second-order valence-corrected chi connectivity index (χ2v) is 12.7. The van der Waals surface area contributed by atoms with Crippen LogP contribution in [0.4, 0.5) is 10.5 Å². The van der Waals surface area contributed by atoms with Gasteiger partial charge in [-0.3, -0.25) is 4.79 Å². The molecule has 0 N–H and O–H groups in total. The van der Waals surface area contributed by atoms with Gasteiger partial charge in [0.25, 0.3) is 0 Å². The van der Waals surface area contributed by atoms with Gasteiger partial charge >= 0.3 is 6.09 Å². The molecule has 1 saturated carbocycles. The van der Waals surface area contributed by atoms with E-state index in [1.165, 1.54) is 0 Å². The van der Waals surface area contributed by atoms with E-state index in [0.29, 0.717) is 24.5 Å². The number of likely N-dealkylation sites (tertiary alicyclic amines) is 1. The Balaban J connectivity index is 1.50. The van der Waals surface area contributed by atoms with Crippen LogP contribution in [-0.4, -0.2) is 41.6 Å². The number of benzene rings is 3. The van der Waals surface area contributed by atoms with Crippen LogP contribution < -0.4 is 4.90 Å². The third-order valence-corrected chi connectivity index (χ3v) is 8.55. The standard InChI is InChI=1S/C32H34BrClN2O3/c1-32(2,3)39-31(38)35-17-16-26(23-11-7-10-22(18-23)21-8-5-4-6-9-21)27(20-35)30(37)36(24-12-13-24)25-14-15-29(34)28(33)19-25/h4-11,14-15,18-19,24,26-27H,12-13,16-17,20H2,1-3H3/t26-,27+/m1/s1. The molecule has 2 aliphatic rings. The Morgan fingerprint density at radius 2 is 1.67 bits per heavy atom. The lowest BCUT2D eigenvalue weighted by Gasteiger charge is -2.40. The van der Waals surface area contributed by atoms with Crippen molar-refractivity contribution in [2.75, 3.05) is 18.0 Å². The van der Waals surface area contributed by atoms with Crippen LogP contribution in [0.25, 0.3) is 11.1 Å². The van der Waals surface area contributed by atoms with E-state index in [1.54, 1.807) is 4.90 Å². The van der Waals surface area contributed by atoms with Crippen LogP contribution in [0.2, 0.25) is 5.02 Å². The predicted molar refractivity (Wildman–Crippen MR) is 160 cm³/mol. The summed E-state index contributed by atoms with van der Waals surface area (Å²) in [4.78, 5) is 31.2. The van der Waals surface area contributed by atoms with Crippen LogP contribution in [0.15, 0.2) is 77.3 Å². The molecule has 39 heavy (non-hydrogen) atoms. The molecule has 0 aromatic heterocycles. The molecule has 0 radical (unpaired) electrons. The number of carbonyl (C=O) groups is 2. The first-order chi connectivity index (χ1) is 18.6. The first-order valence-corrected chi connectivity index (χ1v) is 14.7. The summed E-state index contributed by atoms with van der Waals surface area (Å²) in [5.74, 6) is -0.403. The highest BCUT2D eigenvalue weighted by Crippen LogP contribution is 2.41. The summed E-state index contributed by atoms with van der Waals surface area (Å²) in [6.45, 7) is 6.44. The lowest BCUT2D eigenvalue weighted by atomic mass is 9.79. The minimum Gasteiger partial charge on any atom is -0.444 e. The Morgan fingerprint density at radius 3 is 2.33 bits per heavy atom. The molecule has 0 bridgehead atoms. The lowest BCUT2D eigenvalue weighted by Crippen LogP contribution is -2.51. The van der Waals surface area contributed by atoms with Crippen LogP contribution in [0.3, 0.4) is 0 Å². The van der Waals surface area contributed by atoms with Gasteiger partial charge in [0.1, 0.15) is 5.60 Å². The van der Waals surface area contributed by atoms with Crippen LogP contribution >= 0.6 is 27.5 Å². The van der Waals surface area contributed by atoms with Gasteiger partial charge in [-0.2, -0.15) is 0 Å². The van der Waals surface area contributed by atoms with Crippen LogP contribution in [0.1, 0.15) is 51.5 Å². The van der Waals surface area contributed by atoms with Crippen molar-refractivity contribution in [1.82, 2.24) is 4.90 Å². The fourth-order valence-corrected chi connectivity index (χ4v) is 5.82. The second-order valence-electron chi connectivity index (χ2n) is 11.5. The first-order valence-electron chi connectivity index (χ1n) is 13.5. The summed E-state index contributed by atoms with van der Waals surface area (Å²) in [5.41, 5.74) is 3.60. The molecule has 2 atom stereocenters. The molecule has 5 nitrogen and oxygen atoms in total. The molecule has 2 fully saturated rings. The summed E-state index contributed by atoms with van der Waals surface area (Å²) in [5, 5.41) is 0.603. The smallest absolute Gasteiger partial charge is 0.410 e. The van der Waals surface area contributed by atoms with E-state index < -0.39 is 11.5 Å². The Hall–Kier alpha value is -2.83. The molecule has 1 heterocycles. The Bertz CT molecular complexity index is 1350. The van der Waals surface area contributed by atoms with Crippen molar-refractivity contribution in [1.29, 1.82) is 0 Å². The molecule has 3 aromatic rings. The van der Waals surface area contributed by atoms with Crippen molar-refractivity contribution in [2.45, 2.75) is 57.6 Å². The quantitative estimate of drug-likeness (QED) is 0.292. The number of piperidine rings is 1. The summed E-state index contributed by atoms with van der Waals surface area (Å²) in [7, 11) is 0. The van der Waals surface area contributed by atoms with Crippen LogP contribution in [0, 0.1) is 5.92 Å². The summed E-state index contributed by atoms with van der Waals surface area (Å²) in [6.07, 6.45) is 2.23. The number of amides is 2. The normalized spacial score (nSPS) is 19.5. The maximum absolute atomic E-state index is 14.5. The van der Waals surface area contributed by atoms with Crippen molar-refractivity contribution in [2.24, 2.45) is 5.92 Å². The van der Waals surface area contributed by atoms with Gasteiger partial charge in [-0.05, 0) is 96.8 Å². The molecule has 0 spiro atoms. The molecule has 1 aliphatic heterocycles. The average molecular weight is 610 g/mol. The summed E-state index contributed by atoms with van der Waals surface area (Å²) in [6, 6.07) is 24.5. The van der Waals surface area contributed by atoms with Crippen molar-refractivity contribution in [3.63, 3.8) is 0 Å². The van der Waals surface area contributed by atoms with E-state index in [-0.39, 0.29) is 24.0 Å². The van der Waals surface area contributed by atoms with Gasteiger partial charge in [-0.1, -0.05) is 66.2 Å². The van der Waals surface area contributed by atoms with E-state index >= 15 is 0 Å². The number of hydrogen-bond acceptors (Lipinski definition) is 3. The molecular formula is C32H34BrClN2O3. The molecule has 1 saturated heterocycles. The number of hydrogen-bond donors (Lipinski definition) is 0. The molecule has 3 aromatic carbocycles. The summed E-state index contributed by atoms with van der Waals surface area (Å²) < 4.78 is 6.45. The van der Waals surface area contributed by atoms with Gasteiger partial charge in [-0.25, -0.2) is 4.79 Å². The number of ether oxygens (including phenoxy) is 1. The SMILES string of the molecule is CC(C)(C)OC(=O)N1CC[C@H](c2cccc(-c3ccccc3)c2)[C@@H](C(=O)N(c2ccc(Cl)c(Br)c2)C2CC2)C1. The van der Waals surface area contributed by atoms with Crippen molar-refractivity contribution < 1.29 is 14.3 Å². The van der Waals surface area contributed by atoms with Gasteiger partial charge in [0, 0.05) is 29.3 Å². The monoisotopic (exact) mass is 608 g/mol. The predicted octanol–water partition coefficient (Wildman–Crippen LogP) is 8.31. The Labute approximate surface area is 244 Å². The van der Waals surface area contributed by atoms with E-state index in [2.05, 4.69) is 52.3 Å². The molecule has 5 rings (SSSR count). The zero-order valence-electron chi connectivity index (χ0n) is 22.6. The largest absolute Gasteiger partial charge is 0.444 e. The molecule has 1 aliphatic carbocycles. The van der Waals surface area contributed by atoms with Crippen LogP contribution in [-0.2, 0) is 9.53 Å². The van der Waals surface area contributed by atoms with E-state index in [1.807, 2.05) is 62.1 Å². The van der Waals surface area contributed by atoms with Crippen molar-refractivity contribution in [3.8, 4) is 11.1 Å². The third-order valence-electron chi connectivity index (χ3n) is 7.33. The number of anilines is 1. The average Bonchev–Trinajstić information content (AvgIpc) is 3.75. The zero-order valence-corrected chi connectivity index (χ0v) is 24.9. The van der Waals surface area contributed by atoms with E-state index in [0.717, 1.165) is 39.7 Å². The van der Waals surface area contributed by atoms with Gasteiger partial charge in [0.15, 0.2) is 0 Å². The van der Waals surface area contributed by atoms with Gasteiger partial charge in [-0.15, -0.1) is 0 Å². The minimum atomic E-state index is -0.604. The summed E-state index contributed by atoms with van der Waals surface area (Å²) >= 11 is 9.80. The number of nitrogens with zero attached hydrogens (tertiary/aromatic N) is 2. The van der Waals surface area contributed by atoms with Gasteiger partial charge in [0.05, 0.1) is 10.9 Å². The highest BCUT2D eigenvalue weighted by molar-refractivity contribution is 9.10. The molecule has 204 valence electrons. The third kappa shape index (κ3) is 6.50. The van der Waals surface area contributed by atoms with Gasteiger partial charge < -0.3 is 14.5 Å². The topological polar surface area (TPSA) is 49.9 Å². The fourth-order valence-electron chi connectivity index (χ4n) is 5.34. The maximum Gasteiger partial charge on any atom is 0.410 e. The fraction of sp³-hybridized carbons (Fsp3) is 0.375. The van der Waals surface area contributed by atoms with E-state index in [4.69, 9.17) is 16.3 Å².